The average molecular weight is 427 g/mol. The summed E-state index contributed by atoms with van der Waals surface area (Å²) >= 11 is 0. The van der Waals surface area contributed by atoms with Gasteiger partial charge in [0.2, 0.25) is 0 Å². The minimum atomic E-state index is -0.0846. The monoisotopic (exact) mass is 426 g/mol. The highest BCUT2D eigenvalue weighted by molar-refractivity contribution is 5.88. The molecule has 8 nitrogen and oxygen atoms in total. The SMILES string of the molecule is Cc1nn(C(C)c2cc3ccccn3c2-c2ccc(CN(C)C)cn2)c2ncnc(N)c12. The van der Waals surface area contributed by atoms with Crippen LogP contribution in [0.1, 0.15) is 29.8 Å². The molecule has 32 heavy (non-hydrogen) atoms. The molecule has 0 saturated carbocycles. The first-order chi connectivity index (χ1) is 15.4. The molecule has 0 radical (unpaired) electrons. The molecule has 5 aromatic heterocycles. The highest BCUT2D eigenvalue weighted by Gasteiger charge is 2.23. The lowest BCUT2D eigenvalue weighted by molar-refractivity contribution is 0.402. The molecule has 1 atom stereocenters. The van der Waals surface area contributed by atoms with E-state index in [1.165, 1.54) is 11.9 Å². The molecular formula is C24H26N8. The van der Waals surface area contributed by atoms with E-state index in [2.05, 4.69) is 70.7 Å². The van der Waals surface area contributed by atoms with Crippen LogP contribution in [-0.2, 0) is 6.54 Å². The Balaban J connectivity index is 1.68. The standard InChI is InChI=1S/C24H26N8/c1-15-21-23(25)27-14-28-24(21)32(29-15)16(2)19-11-18-7-5-6-10-31(18)22(19)20-9-8-17(12-26-20)13-30(3)4/h5-12,14,16H,13H2,1-4H3,(H2,25,27,28). The number of nitrogens with two attached hydrogens (primary N) is 1. The first-order valence-electron chi connectivity index (χ1n) is 10.6. The minimum Gasteiger partial charge on any atom is -0.383 e. The Hall–Kier alpha value is -3.78. The number of hydrogen-bond donors (Lipinski definition) is 1. The van der Waals surface area contributed by atoms with E-state index in [1.807, 2.05) is 29.9 Å². The summed E-state index contributed by atoms with van der Waals surface area (Å²) in [5.41, 5.74) is 13.0. The summed E-state index contributed by atoms with van der Waals surface area (Å²) in [5, 5.41) is 5.58. The zero-order chi connectivity index (χ0) is 22.4. The van der Waals surface area contributed by atoms with Gasteiger partial charge in [-0.25, -0.2) is 14.6 Å². The average Bonchev–Trinajstić information content (AvgIpc) is 3.32. The van der Waals surface area contributed by atoms with Gasteiger partial charge in [0.05, 0.1) is 28.5 Å². The van der Waals surface area contributed by atoms with Crippen LogP contribution in [0.2, 0.25) is 0 Å². The third-order valence-corrected chi connectivity index (χ3v) is 5.79. The van der Waals surface area contributed by atoms with E-state index >= 15 is 0 Å². The van der Waals surface area contributed by atoms with Gasteiger partial charge in [0.15, 0.2) is 5.65 Å². The second-order valence-electron chi connectivity index (χ2n) is 8.40. The maximum atomic E-state index is 6.12. The zero-order valence-corrected chi connectivity index (χ0v) is 18.7. The first-order valence-corrected chi connectivity index (χ1v) is 10.6. The van der Waals surface area contributed by atoms with Gasteiger partial charge < -0.3 is 15.0 Å². The second-order valence-corrected chi connectivity index (χ2v) is 8.40. The first kappa shape index (κ1) is 20.1. The summed E-state index contributed by atoms with van der Waals surface area (Å²) < 4.78 is 4.11. The topological polar surface area (TPSA) is 90.2 Å². The molecule has 0 spiro atoms. The minimum absolute atomic E-state index is 0.0846. The molecule has 0 bridgehead atoms. The van der Waals surface area contributed by atoms with E-state index in [9.17, 15) is 0 Å². The molecular weight excluding hydrogens is 400 g/mol. The van der Waals surface area contributed by atoms with Crippen LogP contribution in [0, 0.1) is 6.92 Å². The molecule has 0 aromatic carbocycles. The van der Waals surface area contributed by atoms with Gasteiger partial charge in [-0.15, -0.1) is 0 Å². The summed E-state index contributed by atoms with van der Waals surface area (Å²) in [7, 11) is 4.11. The Morgan fingerprint density at radius 3 is 2.69 bits per heavy atom. The maximum Gasteiger partial charge on any atom is 0.164 e. The number of hydrogen-bond acceptors (Lipinski definition) is 6. The molecule has 2 N–H and O–H groups in total. The number of aryl methyl sites for hydroxylation is 1. The van der Waals surface area contributed by atoms with E-state index < -0.39 is 0 Å². The highest BCUT2D eigenvalue weighted by atomic mass is 15.3. The fourth-order valence-electron chi connectivity index (χ4n) is 4.33. The van der Waals surface area contributed by atoms with Crippen molar-refractivity contribution in [3.8, 4) is 11.4 Å². The summed E-state index contributed by atoms with van der Waals surface area (Å²) in [4.78, 5) is 15.6. The Kier molecular flexibility index (Phi) is 4.86. The molecule has 0 amide bonds. The van der Waals surface area contributed by atoms with Gasteiger partial charge in [-0.1, -0.05) is 12.1 Å². The van der Waals surface area contributed by atoms with Crippen LogP contribution in [-0.4, -0.2) is 48.1 Å². The fourth-order valence-corrected chi connectivity index (χ4v) is 4.33. The van der Waals surface area contributed by atoms with Crippen molar-refractivity contribution < 1.29 is 0 Å². The maximum absolute atomic E-state index is 6.12. The van der Waals surface area contributed by atoms with Crippen LogP contribution in [0.25, 0.3) is 27.9 Å². The largest absolute Gasteiger partial charge is 0.383 e. The van der Waals surface area contributed by atoms with Crippen LogP contribution >= 0.6 is 0 Å². The number of fused-ring (bicyclic) bond motifs is 2. The van der Waals surface area contributed by atoms with Crippen molar-refractivity contribution in [3.63, 3.8) is 0 Å². The quantitative estimate of drug-likeness (QED) is 0.461. The fraction of sp³-hybridized carbons (Fsp3) is 0.250. The number of nitrogen functional groups attached to an aromatic ring is 1. The highest BCUT2D eigenvalue weighted by Crippen LogP contribution is 2.34. The summed E-state index contributed by atoms with van der Waals surface area (Å²) in [6.45, 7) is 4.92. The van der Waals surface area contributed by atoms with Crippen molar-refractivity contribution >= 4 is 22.4 Å². The summed E-state index contributed by atoms with van der Waals surface area (Å²) in [6, 6.07) is 12.5. The van der Waals surface area contributed by atoms with E-state index in [0.29, 0.717) is 5.82 Å². The van der Waals surface area contributed by atoms with Gasteiger partial charge in [0.25, 0.3) is 0 Å². The smallest absolute Gasteiger partial charge is 0.164 e. The van der Waals surface area contributed by atoms with Gasteiger partial charge in [0, 0.05) is 30.0 Å². The van der Waals surface area contributed by atoms with Gasteiger partial charge in [0.1, 0.15) is 12.1 Å². The molecule has 0 aliphatic heterocycles. The Morgan fingerprint density at radius 2 is 1.94 bits per heavy atom. The van der Waals surface area contributed by atoms with Crippen molar-refractivity contribution in [2.45, 2.75) is 26.4 Å². The second kappa shape index (κ2) is 7.72. The van der Waals surface area contributed by atoms with E-state index in [0.717, 1.165) is 45.7 Å². The number of aromatic nitrogens is 6. The van der Waals surface area contributed by atoms with E-state index in [4.69, 9.17) is 15.8 Å². The molecule has 5 aromatic rings. The van der Waals surface area contributed by atoms with Crippen LogP contribution in [0.4, 0.5) is 5.82 Å². The van der Waals surface area contributed by atoms with Crippen LogP contribution in [0.3, 0.4) is 0 Å². The molecule has 0 fully saturated rings. The van der Waals surface area contributed by atoms with Crippen molar-refractivity contribution in [1.29, 1.82) is 0 Å². The van der Waals surface area contributed by atoms with Gasteiger partial charge in [-0.2, -0.15) is 5.10 Å². The van der Waals surface area contributed by atoms with Gasteiger partial charge in [-0.3, -0.25) is 4.98 Å². The normalized spacial score (nSPS) is 12.8. The van der Waals surface area contributed by atoms with Crippen molar-refractivity contribution in [2.75, 3.05) is 19.8 Å². The van der Waals surface area contributed by atoms with Crippen molar-refractivity contribution in [1.82, 2.24) is 34.0 Å². The predicted octanol–water partition coefficient (Wildman–Crippen LogP) is 3.70. The lowest BCUT2D eigenvalue weighted by Crippen LogP contribution is -2.11. The van der Waals surface area contributed by atoms with E-state index in [-0.39, 0.29) is 6.04 Å². The molecule has 162 valence electrons. The Morgan fingerprint density at radius 1 is 1.09 bits per heavy atom. The van der Waals surface area contributed by atoms with Crippen LogP contribution < -0.4 is 5.73 Å². The van der Waals surface area contributed by atoms with Crippen molar-refractivity contribution in [2.24, 2.45) is 0 Å². The molecule has 8 heteroatoms. The lowest BCUT2D eigenvalue weighted by Gasteiger charge is -2.15. The molecule has 0 saturated heterocycles. The number of pyridine rings is 2. The number of anilines is 1. The summed E-state index contributed by atoms with van der Waals surface area (Å²) in [6.07, 6.45) is 5.51. The van der Waals surface area contributed by atoms with E-state index in [1.54, 1.807) is 0 Å². The van der Waals surface area contributed by atoms with Crippen molar-refractivity contribution in [3.05, 3.63) is 71.9 Å². The number of nitrogens with zero attached hydrogens (tertiary/aromatic N) is 7. The molecule has 0 aliphatic rings. The Labute approximate surface area is 186 Å². The van der Waals surface area contributed by atoms with Gasteiger partial charge in [-0.05, 0) is 57.8 Å². The lowest BCUT2D eigenvalue weighted by atomic mass is 10.1. The third-order valence-electron chi connectivity index (χ3n) is 5.79. The molecule has 5 rings (SSSR count). The predicted molar refractivity (Wildman–Crippen MR) is 126 cm³/mol. The summed E-state index contributed by atoms with van der Waals surface area (Å²) in [5.74, 6) is 0.450. The molecule has 0 aliphatic carbocycles. The Bertz CT molecular complexity index is 1410. The zero-order valence-electron chi connectivity index (χ0n) is 18.7. The number of rotatable bonds is 5. The molecule has 5 heterocycles. The van der Waals surface area contributed by atoms with Crippen LogP contribution in [0.5, 0.6) is 0 Å². The third kappa shape index (κ3) is 3.29. The van der Waals surface area contributed by atoms with Gasteiger partial charge >= 0.3 is 0 Å². The van der Waals surface area contributed by atoms with Crippen LogP contribution in [0.15, 0.2) is 55.1 Å². The molecule has 1 unspecified atom stereocenters.